The van der Waals surface area contributed by atoms with E-state index >= 15 is 0 Å². The first-order valence-electron chi connectivity index (χ1n) is 9.08. The smallest absolute Gasteiger partial charge is 0.154 e. The molecule has 144 valence electrons. The third kappa shape index (κ3) is 3.89. The van der Waals surface area contributed by atoms with Gasteiger partial charge in [0, 0.05) is 30.5 Å². The number of aromatic amines is 1. The predicted octanol–water partition coefficient (Wildman–Crippen LogP) is 4.24. The number of furan rings is 1. The predicted molar refractivity (Wildman–Crippen MR) is 104 cm³/mol. The lowest BCUT2D eigenvalue weighted by atomic mass is 10.2. The van der Waals surface area contributed by atoms with Crippen LogP contribution in [0.15, 0.2) is 53.1 Å². The summed E-state index contributed by atoms with van der Waals surface area (Å²) in [5.74, 6) is 1.23. The van der Waals surface area contributed by atoms with Crippen molar-refractivity contribution in [2.45, 2.75) is 26.9 Å². The molecule has 7 heteroatoms. The standard InChI is InChI=1S/C21H22FN5O/c1-14-9-18(24-23-14)13-26(3)11-16-12-27(19-6-4-5-17(22)10-19)25-21(16)20-8-7-15(2)28-20/h4-10,12H,11,13H2,1-3H3,(H,23,24). The second kappa shape index (κ2) is 7.44. The zero-order valence-corrected chi connectivity index (χ0v) is 16.1. The average molecular weight is 379 g/mol. The first-order chi connectivity index (χ1) is 13.5. The molecule has 1 aromatic carbocycles. The van der Waals surface area contributed by atoms with Gasteiger partial charge in [0.2, 0.25) is 0 Å². The monoisotopic (exact) mass is 379 g/mol. The van der Waals surface area contributed by atoms with E-state index in [2.05, 4.69) is 20.2 Å². The molecule has 4 rings (SSSR count). The third-order valence-corrected chi connectivity index (χ3v) is 4.47. The number of H-pyrrole nitrogens is 1. The maximum absolute atomic E-state index is 13.7. The molecule has 0 aliphatic heterocycles. The van der Waals surface area contributed by atoms with Gasteiger partial charge in [-0.25, -0.2) is 9.07 Å². The SMILES string of the molecule is Cc1cc(CN(C)Cc2cn(-c3cccc(F)c3)nc2-c2ccc(C)o2)n[nH]1. The summed E-state index contributed by atoms with van der Waals surface area (Å²) in [4.78, 5) is 2.15. The molecule has 0 fully saturated rings. The quantitative estimate of drug-likeness (QED) is 0.544. The average Bonchev–Trinajstić information content (AvgIpc) is 3.35. The van der Waals surface area contributed by atoms with E-state index in [4.69, 9.17) is 4.42 Å². The molecule has 3 aromatic heterocycles. The summed E-state index contributed by atoms with van der Waals surface area (Å²) in [6, 6.07) is 12.2. The maximum Gasteiger partial charge on any atom is 0.154 e. The Morgan fingerprint density at radius 2 is 2.00 bits per heavy atom. The number of aromatic nitrogens is 4. The molecule has 6 nitrogen and oxygen atoms in total. The Labute approximate surface area is 162 Å². The molecule has 0 aliphatic rings. The van der Waals surface area contributed by atoms with Crippen molar-refractivity contribution in [1.29, 1.82) is 0 Å². The van der Waals surface area contributed by atoms with Gasteiger partial charge < -0.3 is 4.42 Å². The summed E-state index contributed by atoms with van der Waals surface area (Å²) in [6.07, 6.45) is 1.92. The molecule has 4 aromatic rings. The van der Waals surface area contributed by atoms with Crippen LogP contribution in [-0.2, 0) is 13.1 Å². The Hall–Kier alpha value is -3.19. The second-order valence-electron chi connectivity index (χ2n) is 7.05. The first kappa shape index (κ1) is 18.2. The molecule has 0 atom stereocenters. The van der Waals surface area contributed by atoms with Crippen LogP contribution in [-0.4, -0.2) is 31.9 Å². The number of hydrogen-bond acceptors (Lipinski definition) is 4. The van der Waals surface area contributed by atoms with Crippen molar-refractivity contribution < 1.29 is 8.81 Å². The summed E-state index contributed by atoms with van der Waals surface area (Å²) in [5.41, 5.74) is 4.43. The molecule has 3 heterocycles. The Balaban J connectivity index is 1.66. The van der Waals surface area contributed by atoms with Gasteiger partial charge in [-0.1, -0.05) is 6.07 Å². The molecule has 1 N–H and O–H groups in total. The number of nitrogens with zero attached hydrogens (tertiary/aromatic N) is 4. The second-order valence-corrected chi connectivity index (χ2v) is 7.05. The molecular formula is C21H22FN5O. The Morgan fingerprint density at radius 3 is 2.68 bits per heavy atom. The molecule has 0 saturated heterocycles. The van der Waals surface area contributed by atoms with E-state index in [-0.39, 0.29) is 5.82 Å². The molecule has 0 unspecified atom stereocenters. The van der Waals surface area contributed by atoms with Crippen LogP contribution in [0, 0.1) is 19.7 Å². The lowest BCUT2D eigenvalue weighted by Gasteiger charge is -2.14. The van der Waals surface area contributed by atoms with Crippen molar-refractivity contribution >= 4 is 0 Å². The van der Waals surface area contributed by atoms with Gasteiger partial charge in [0.15, 0.2) is 5.76 Å². The number of aryl methyl sites for hydroxylation is 2. The topological polar surface area (TPSA) is 62.9 Å². The first-order valence-corrected chi connectivity index (χ1v) is 9.08. The minimum Gasteiger partial charge on any atom is -0.460 e. The van der Waals surface area contributed by atoms with Crippen LogP contribution in [0.4, 0.5) is 4.39 Å². The highest BCUT2D eigenvalue weighted by atomic mass is 19.1. The van der Waals surface area contributed by atoms with Crippen molar-refractivity contribution in [3.8, 4) is 17.1 Å². The Morgan fingerprint density at radius 1 is 1.14 bits per heavy atom. The molecule has 0 amide bonds. The lowest BCUT2D eigenvalue weighted by molar-refractivity contribution is 0.315. The van der Waals surface area contributed by atoms with Gasteiger partial charge in [0.1, 0.15) is 17.3 Å². The van der Waals surface area contributed by atoms with Crippen molar-refractivity contribution in [1.82, 2.24) is 24.9 Å². The third-order valence-electron chi connectivity index (χ3n) is 4.47. The van der Waals surface area contributed by atoms with Gasteiger partial charge in [-0.05, 0) is 57.3 Å². The maximum atomic E-state index is 13.7. The number of rotatable bonds is 6. The van der Waals surface area contributed by atoms with E-state index in [1.165, 1.54) is 12.1 Å². The fraction of sp³-hybridized carbons (Fsp3) is 0.238. The fourth-order valence-corrected chi connectivity index (χ4v) is 3.22. The number of halogens is 1. The molecule has 0 radical (unpaired) electrons. The highest BCUT2D eigenvalue weighted by Crippen LogP contribution is 2.27. The highest BCUT2D eigenvalue weighted by molar-refractivity contribution is 5.57. The van der Waals surface area contributed by atoms with Gasteiger partial charge in [-0.3, -0.25) is 10.00 Å². The molecule has 0 aliphatic carbocycles. The molecule has 0 bridgehead atoms. The summed E-state index contributed by atoms with van der Waals surface area (Å²) < 4.78 is 21.2. The highest BCUT2D eigenvalue weighted by Gasteiger charge is 2.17. The van der Waals surface area contributed by atoms with Crippen molar-refractivity contribution in [2.24, 2.45) is 0 Å². The van der Waals surface area contributed by atoms with Crippen LogP contribution in [0.5, 0.6) is 0 Å². The number of nitrogens with one attached hydrogen (secondary N) is 1. The van der Waals surface area contributed by atoms with Crippen LogP contribution in [0.1, 0.15) is 22.7 Å². The van der Waals surface area contributed by atoms with E-state index in [1.807, 2.05) is 51.4 Å². The number of hydrogen-bond donors (Lipinski definition) is 1. The van der Waals surface area contributed by atoms with E-state index in [0.29, 0.717) is 24.5 Å². The van der Waals surface area contributed by atoms with Gasteiger partial charge in [-0.15, -0.1) is 0 Å². The molecule has 28 heavy (non-hydrogen) atoms. The van der Waals surface area contributed by atoms with Crippen molar-refractivity contribution in [2.75, 3.05) is 7.05 Å². The normalized spacial score (nSPS) is 11.5. The van der Waals surface area contributed by atoms with Crippen LogP contribution >= 0.6 is 0 Å². The summed E-state index contributed by atoms with van der Waals surface area (Å²) in [6.45, 7) is 5.23. The van der Waals surface area contributed by atoms with E-state index in [9.17, 15) is 4.39 Å². The van der Waals surface area contributed by atoms with Crippen LogP contribution in [0.25, 0.3) is 17.1 Å². The van der Waals surface area contributed by atoms with Crippen LogP contribution < -0.4 is 0 Å². The van der Waals surface area contributed by atoms with E-state index in [1.54, 1.807) is 10.7 Å². The van der Waals surface area contributed by atoms with Crippen LogP contribution in [0.3, 0.4) is 0 Å². The van der Waals surface area contributed by atoms with E-state index in [0.717, 1.165) is 28.4 Å². The zero-order chi connectivity index (χ0) is 19.7. The number of benzene rings is 1. The Bertz CT molecular complexity index is 1090. The van der Waals surface area contributed by atoms with Crippen molar-refractivity contribution in [3.05, 3.63) is 77.2 Å². The van der Waals surface area contributed by atoms with Gasteiger partial charge in [-0.2, -0.15) is 10.2 Å². The van der Waals surface area contributed by atoms with Crippen LogP contribution in [0.2, 0.25) is 0 Å². The molecule has 0 saturated carbocycles. The molecule has 0 spiro atoms. The lowest BCUT2D eigenvalue weighted by Crippen LogP contribution is -2.17. The Kier molecular flexibility index (Phi) is 4.83. The fourth-order valence-electron chi connectivity index (χ4n) is 3.22. The zero-order valence-electron chi connectivity index (χ0n) is 16.1. The summed E-state index contributed by atoms with van der Waals surface area (Å²) >= 11 is 0. The summed E-state index contributed by atoms with van der Waals surface area (Å²) in [5, 5.41) is 11.9. The summed E-state index contributed by atoms with van der Waals surface area (Å²) in [7, 11) is 2.03. The minimum atomic E-state index is -0.295. The largest absolute Gasteiger partial charge is 0.460 e. The minimum absolute atomic E-state index is 0.295. The van der Waals surface area contributed by atoms with E-state index < -0.39 is 0 Å². The van der Waals surface area contributed by atoms with Crippen molar-refractivity contribution in [3.63, 3.8) is 0 Å². The van der Waals surface area contributed by atoms with Gasteiger partial charge in [0.25, 0.3) is 0 Å². The molecular weight excluding hydrogens is 357 g/mol. The van der Waals surface area contributed by atoms with Gasteiger partial charge >= 0.3 is 0 Å². The van der Waals surface area contributed by atoms with Gasteiger partial charge in [0.05, 0.1) is 11.4 Å².